The number of ether oxygens (including phenoxy) is 4. The number of hydrogen-bond donors (Lipinski definition) is 6. The first kappa shape index (κ1) is 43.5. The summed E-state index contributed by atoms with van der Waals surface area (Å²) >= 11 is 0. The Bertz CT molecular complexity index is 1180. The number of aliphatic hydroxyl groups is 2. The molecule has 0 aliphatic rings. The van der Waals surface area contributed by atoms with Crippen LogP contribution in [-0.2, 0) is 38.2 Å². The Labute approximate surface area is 292 Å². The highest BCUT2D eigenvalue weighted by molar-refractivity contribution is 5.92. The first-order valence-electron chi connectivity index (χ1n) is 16.5. The van der Waals surface area contributed by atoms with Gasteiger partial charge in [0.15, 0.2) is 0 Å². The largest absolute Gasteiger partial charge is 0.478 e. The SMILES string of the molecule is COC(=O)[C@@H](NC(=O)[C@@H](NC(=O)CCCOc1cccc(OCCCC(=O)N[C@H](C(=O)N[C@H](C(=O)OC)C(C)C)[C@@H](C)O)n1)[C@@H](C)O)C(C)C. The highest BCUT2D eigenvalue weighted by Gasteiger charge is 2.33. The van der Waals surface area contributed by atoms with Crippen LogP contribution in [-0.4, -0.2) is 115 Å². The van der Waals surface area contributed by atoms with Gasteiger partial charge in [-0.05, 0) is 38.5 Å². The van der Waals surface area contributed by atoms with Gasteiger partial charge in [-0.15, -0.1) is 0 Å². The molecule has 6 N–H and O–H groups in total. The van der Waals surface area contributed by atoms with Crippen LogP contribution in [0.1, 0.15) is 67.2 Å². The van der Waals surface area contributed by atoms with Crippen molar-refractivity contribution in [3.8, 4) is 11.8 Å². The quantitative estimate of drug-likeness (QED) is 0.0673. The molecule has 0 radical (unpaired) electrons. The Hall–Kier alpha value is -4.51. The average Bonchev–Trinajstić information content (AvgIpc) is 3.06. The minimum atomic E-state index is -1.29. The van der Waals surface area contributed by atoms with E-state index in [4.69, 9.17) is 18.9 Å². The number of carbonyl (C=O) groups excluding carboxylic acids is 6. The van der Waals surface area contributed by atoms with Crippen LogP contribution in [0.15, 0.2) is 18.2 Å². The minimum absolute atomic E-state index is 0.0273. The van der Waals surface area contributed by atoms with E-state index >= 15 is 0 Å². The molecule has 0 aliphatic carbocycles. The van der Waals surface area contributed by atoms with E-state index in [-0.39, 0.29) is 62.5 Å². The molecule has 1 aromatic rings. The number of esters is 2. The average molecular weight is 712 g/mol. The Balaban J connectivity index is 2.53. The van der Waals surface area contributed by atoms with Gasteiger partial charge in [0.2, 0.25) is 35.4 Å². The van der Waals surface area contributed by atoms with Gasteiger partial charge >= 0.3 is 11.9 Å². The molecule has 0 saturated heterocycles. The number of hydrogen-bond acceptors (Lipinski definition) is 13. The molecule has 1 heterocycles. The lowest BCUT2D eigenvalue weighted by Crippen LogP contribution is -2.56. The smallest absolute Gasteiger partial charge is 0.328 e. The van der Waals surface area contributed by atoms with Crippen molar-refractivity contribution in [1.29, 1.82) is 0 Å². The maximum Gasteiger partial charge on any atom is 0.328 e. The number of pyridine rings is 1. The van der Waals surface area contributed by atoms with Gasteiger partial charge in [0.05, 0.1) is 39.6 Å². The lowest BCUT2D eigenvalue weighted by Gasteiger charge is -2.25. The van der Waals surface area contributed by atoms with E-state index in [2.05, 4.69) is 26.3 Å². The third-order valence-electron chi connectivity index (χ3n) is 7.30. The van der Waals surface area contributed by atoms with Crippen LogP contribution in [0, 0.1) is 11.8 Å². The third kappa shape index (κ3) is 15.4. The summed E-state index contributed by atoms with van der Waals surface area (Å²) in [4.78, 5) is 78.6. The van der Waals surface area contributed by atoms with E-state index in [0.29, 0.717) is 0 Å². The second-order valence-electron chi connectivity index (χ2n) is 12.3. The van der Waals surface area contributed by atoms with E-state index in [1.807, 2.05) is 0 Å². The first-order chi connectivity index (χ1) is 23.5. The Kier molecular flexibility index (Phi) is 19.4. The Morgan fingerprint density at radius 2 is 0.980 bits per heavy atom. The number of amides is 4. The highest BCUT2D eigenvalue weighted by atomic mass is 16.5. The Morgan fingerprint density at radius 3 is 1.28 bits per heavy atom. The molecule has 0 saturated carbocycles. The van der Waals surface area contributed by atoms with Crippen LogP contribution in [0.4, 0.5) is 0 Å². The summed E-state index contributed by atoms with van der Waals surface area (Å²) in [7, 11) is 2.40. The highest BCUT2D eigenvalue weighted by Crippen LogP contribution is 2.15. The van der Waals surface area contributed by atoms with E-state index in [0.717, 1.165) is 0 Å². The van der Waals surface area contributed by atoms with Gasteiger partial charge in [-0.2, -0.15) is 4.98 Å². The monoisotopic (exact) mass is 711 g/mol. The van der Waals surface area contributed by atoms with Crippen molar-refractivity contribution in [3.63, 3.8) is 0 Å². The van der Waals surface area contributed by atoms with Gasteiger partial charge in [-0.1, -0.05) is 33.8 Å². The molecule has 0 fully saturated rings. The zero-order valence-corrected chi connectivity index (χ0v) is 30.0. The van der Waals surface area contributed by atoms with Crippen LogP contribution >= 0.6 is 0 Å². The number of carbonyl (C=O) groups is 6. The van der Waals surface area contributed by atoms with Gasteiger partial charge in [0.1, 0.15) is 24.2 Å². The first-order valence-corrected chi connectivity index (χ1v) is 16.5. The molecule has 0 unspecified atom stereocenters. The number of aromatic nitrogens is 1. The molecular formula is C33H53N5O12. The second kappa shape index (κ2) is 22.3. The summed E-state index contributed by atoms with van der Waals surface area (Å²) in [6.45, 7) is 9.76. The van der Waals surface area contributed by atoms with Crippen LogP contribution in [0.5, 0.6) is 11.8 Å². The van der Waals surface area contributed by atoms with E-state index in [9.17, 15) is 39.0 Å². The molecule has 0 spiro atoms. The molecule has 4 amide bonds. The lowest BCUT2D eigenvalue weighted by atomic mass is 10.0. The summed E-state index contributed by atoms with van der Waals surface area (Å²) < 4.78 is 20.6. The predicted molar refractivity (Wildman–Crippen MR) is 178 cm³/mol. The zero-order valence-electron chi connectivity index (χ0n) is 30.0. The molecule has 17 heteroatoms. The van der Waals surface area contributed by atoms with Crippen molar-refractivity contribution in [2.45, 2.75) is 104 Å². The number of nitrogens with one attached hydrogen (secondary N) is 4. The van der Waals surface area contributed by atoms with Crippen LogP contribution in [0.3, 0.4) is 0 Å². The molecule has 0 bridgehead atoms. The van der Waals surface area contributed by atoms with E-state index in [1.54, 1.807) is 45.9 Å². The fraction of sp³-hybridized carbons (Fsp3) is 0.667. The Morgan fingerprint density at radius 1 is 0.620 bits per heavy atom. The number of rotatable bonds is 22. The summed E-state index contributed by atoms with van der Waals surface area (Å²) in [6, 6.07) is 0.359. The van der Waals surface area contributed by atoms with Gasteiger partial charge < -0.3 is 50.4 Å². The van der Waals surface area contributed by atoms with E-state index in [1.165, 1.54) is 28.1 Å². The van der Waals surface area contributed by atoms with Crippen molar-refractivity contribution in [2.75, 3.05) is 27.4 Å². The molecule has 50 heavy (non-hydrogen) atoms. The van der Waals surface area contributed by atoms with Crippen molar-refractivity contribution < 1.29 is 57.9 Å². The normalized spacial score (nSPS) is 14.6. The number of nitrogens with zero attached hydrogens (tertiary/aromatic N) is 1. The van der Waals surface area contributed by atoms with Crippen LogP contribution < -0.4 is 30.7 Å². The number of aliphatic hydroxyl groups excluding tert-OH is 2. The van der Waals surface area contributed by atoms with Gasteiger partial charge in [-0.25, -0.2) is 9.59 Å². The topological polar surface area (TPSA) is 241 Å². The molecular weight excluding hydrogens is 658 g/mol. The van der Waals surface area contributed by atoms with Crippen LogP contribution in [0.2, 0.25) is 0 Å². The summed E-state index contributed by atoms with van der Waals surface area (Å²) in [6.07, 6.45) is -2.00. The van der Waals surface area contributed by atoms with Crippen molar-refractivity contribution in [1.82, 2.24) is 26.3 Å². The summed E-state index contributed by atoms with van der Waals surface area (Å²) in [5.41, 5.74) is 0. The van der Waals surface area contributed by atoms with Crippen molar-refractivity contribution >= 4 is 35.6 Å². The molecule has 1 rings (SSSR count). The fourth-order valence-electron chi connectivity index (χ4n) is 4.41. The lowest BCUT2D eigenvalue weighted by molar-refractivity contribution is -0.147. The molecule has 1 aromatic heterocycles. The summed E-state index contributed by atoms with van der Waals surface area (Å²) in [5, 5.41) is 30.1. The minimum Gasteiger partial charge on any atom is -0.478 e. The van der Waals surface area contributed by atoms with Gasteiger partial charge in [0.25, 0.3) is 0 Å². The maximum absolute atomic E-state index is 12.7. The standard InChI is InChI=1S/C33H53N5O12/c1-18(2)26(32(45)47-7)37-30(43)28(20(5)39)34-22(41)12-10-16-49-24-14-9-15-25(36-24)50-17-11-13-23(42)35-29(21(6)40)31(44)38-27(19(3)4)33(46)48-8/h9,14-15,18-21,26-29,39-40H,10-13,16-17H2,1-8H3,(H,34,41)(H,35,42)(H,37,43)(H,38,44)/t20-,21-,26+,27+,28+,29+/m1/s1. The second-order valence-corrected chi connectivity index (χ2v) is 12.3. The number of methoxy groups -OCH3 is 2. The van der Waals surface area contributed by atoms with Gasteiger partial charge in [0, 0.05) is 25.0 Å². The maximum atomic E-state index is 12.7. The van der Waals surface area contributed by atoms with Crippen molar-refractivity contribution in [2.24, 2.45) is 11.8 Å². The molecule has 0 aromatic carbocycles. The molecule has 17 nitrogen and oxygen atoms in total. The zero-order chi connectivity index (χ0) is 38.0. The summed E-state index contributed by atoms with van der Waals surface area (Å²) in [5.74, 6) is -3.87. The predicted octanol–water partition coefficient (Wildman–Crippen LogP) is -0.242. The molecule has 6 atom stereocenters. The molecule has 0 aliphatic heterocycles. The fourth-order valence-corrected chi connectivity index (χ4v) is 4.41. The third-order valence-corrected chi connectivity index (χ3v) is 7.30. The molecule has 282 valence electrons. The van der Waals surface area contributed by atoms with Crippen LogP contribution in [0.25, 0.3) is 0 Å². The van der Waals surface area contributed by atoms with Crippen molar-refractivity contribution in [3.05, 3.63) is 18.2 Å². The van der Waals surface area contributed by atoms with E-state index < -0.39 is 71.9 Å². The van der Waals surface area contributed by atoms with Gasteiger partial charge in [-0.3, -0.25) is 19.2 Å².